The summed E-state index contributed by atoms with van der Waals surface area (Å²) in [7, 11) is -9.92. The number of aliphatic hydroxyl groups is 1. The summed E-state index contributed by atoms with van der Waals surface area (Å²) in [5.41, 5.74) is 0. The molecule has 0 spiro atoms. The Balaban J connectivity index is 5.26. The second-order valence-electron chi connectivity index (χ2n) is 26.8. The van der Waals surface area contributed by atoms with E-state index in [1.807, 2.05) is 0 Å². The largest absolute Gasteiger partial charge is 0.472 e. The van der Waals surface area contributed by atoms with Gasteiger partial charge in [-0.25, -0.2) is 9.13 Å². The number of esters is 4. The third-order valence-electron chi connectivity index (χ3n) is 17.6. The zero-order valence-electron chi connectivity index (χ0n) is 60.7. The number of hydrogen-bond acceptors (Lipinski definition) is 15. The summed E-state index contributed by atoms with van der Waals surface area (Å²) >= 11 is 0. The Hall–Kier alpha value is -2.46. The highest BCUT2D eigenvalue weighted by Crippen LogP contribution is 2.45. The number of ether oxygens (including phenoxy) is 4. The highest BCUT2D eigenvalue weighted by atomic mass is 31.2. The topological polar surface area (TPSA) is 237 Å². The molecular formula is C75H142O17P2. The van der Waals surface area contributed by atoms with Crippen LogP contribution in [-0.2, 0) is 65.4 Å². The molecule has 0 bridgehead atoms. The number of carbonyl (C=O) groups is 4. The second-order valence-corrected chi connectivity index (χ2v) is 29.7. The Bertz CT molecular complexity index is 1920. The zero-order chi connectivity index (χ0) is 69.3. The summed E-state index contributed by atoms with van der Waals surface area (Å²) in [5.74, 6) is -0.705. The molecule has 0 aliphatic rings. The summed E-state index contributed by atoms with van der Waals surface area (Å²) in [6, 6.07) is 0. The van der Waals surface area contributed by atoms with Crippen molar-refractivity contribution in [3.63, 3.8) is 0 Å². The first-order valence-electron chi connectivity index (χ1n) is 38.4. The van der Waals surface area contributed by atoms with Crippen molar-refractivity contribution in [2.45, 2.75) is 381 Å². The Morgan fingerprint density at radius 3 is 0.904 bits per heavy atom. The van der Waals surface area contributed by atoms with Crippen LogP contribution >= 0.6 is 15.6 Å². The first kappa shape index (κ1) is 91.5. The van der Waals surface area contributed by atoms with Gasteiger partial charge in [-0.1, -0.05) is 310 Å². The molecule has 0 rings (SSSR count). The molecule has 0 aromatic rings. The molecule has 0 heterocycles. The fourth-order valence-corrected chi connectivity index (χ4v) is 12.5. The van der Waals surface area contributed by atoms with E-state index in [4.69, 9.17) is 37.0 Å². The van der Waals surface area contributed by atoms with E-state index in [9.17, 15) is 43.2 Å². The molecule has 0 saturated heterocycles. The van der Waals surface area contributed by atoms with Crippen molar-refractivity contribution in [3.8, 4) is 0 Å². The fraction of sp³-hybridized carbons (Fsp3) is 0.893. The van der Waals surface area contributed by atoms with Gasteiger partial charge in [0, 0.05) is 25.7 Å². The molecule has 19 heteroatoms. The lowest BCUT2D eigenvalue weighted by Crippen LogP contribution is -2.30. The standard InChI is InChI=1S/C75H142O17P2/c1-7-11-13-15-17-19-21-23-25-26-27-28-30-32-34-36-38-47-53-59-74(79)91-70(63-85-72(77)57-51-45-37-35-33-31-29-24-22-20-18-16-14-12-8-2)65-89-93(81,82)87-61-69(76)62-88-94(83,84)90-66-71(92-75(80)60-54-48-42-40-44-50-56-68(6)10-4)64-86-73(78)58-52-46-41-39-43-49-55-67(5)9-3/h20,22,24,29,67-71,76H,7-19,21,23,25-28,30-66H2,1-6H3,(H,81,82)(H,83,84)/b22-20-,29-24-/t67?,68?,69-,70-,71-/m1/s1. The number of carbonyl (C=O) groups excluding carboxylic acids is 4. The second kappa shape index (κ2) is 66.4. The fourth-order valence-electron chi connectivity index (χ4n) is 10.9. The van der Waals surface area contributed by atoms with Crippen molar-refractivity contribution in [1.29, 1.82) is 0 Å². The van der Waals surface area contributed by atoms with E-state index in [1.165, 1.54) is 154 Å². The lowest BCUT2D eigenvalue weighted by Gasteiger charge is -2.21. The van der Waals surface area contributed by atoms with Gasteiger partial charge in [0.15, 0.2) is 12.2 Å². The van der Waals surface area contributed by atoms with E-state index >= 15 is 0 Å². The number of allylic oxidation sites excluding steroid dienone is 4. The Morgan fingerprint density at radius 2 is 0.596 bits per heavy atom. The minimum absolute atomic E-state index is 0.0998. The number of hydrogen-bond donors (Lipinski definition) is 3. The molecule has 0 amide bonds. The predicted octanol–water partition coefficient (Wildman–Crippen LogP) is 21.5. The first-order chi connectivity index (χ1) is 45.4. The smallest absolute Gasteiger partial charge is 0.462 e. The van der Waals surface area contributed by atoms with Crippen molar-refractivity contribution in [1.82, 2.24) is 0 Å². The van der Waals surface area contributed by atoms with Crippen LogP contribution in [0.4, 0.5) is 0 Å². The van der Waals surface area contributed by atoms with Crippen LogP contribution < -0.4 is 0 Å². The van der Waals surface area contributed by atoms with Gasteiger partial charge in [0.2, 0.25) is 0 Å². The summed E-state index contributed by atoms with van der Waals surface area (Å²) in [6.45, 7) is 9.42. The third kappa shape index (κ3) is 65.5. The Morgan fingerprint density at radius 1 is 0.340 bits per heavy atom. The van der Waals surface area contributed by atoms with Crippen LogP contribution in [0.3, 0.4) is 0 Å². The molecule has 0 aliphatic carbocycles. The van der Waals surface area contributed by atoms with Gasteiger partial charge in [-0.15, -0.1) is 0 Å². The van der Waals surface area contributed by atoms with E-state index in [2.05, 4.69) is 65.8 Å². The van der Waals surface area contributed by atoms with Gasteiger partial charge in [-0.3, -0.25) is 37.3 Å². The maximum atomic E-state index is 13.1. The molecule has 7 atom stereocenters. The molecular weight excluding hydrogens is 1230 g/mol. The van der Waals surface area contributed by atoms with E-state index in [0.29, 0.717) is 25.7 Å². The first-order valence-corrected chi connectivity index (χ1v) is 41.4. The maximum Gasteiger partial charge on any atom is 0.472 e. The van der Waals surface area contributed by atoms with E-state index in [0.717, 1.165) is 127 Å². The van der Waals surface area contributed by atoms with Crippen molar-refractivity contribution < 1.29 is 80.2 Å². The van der Waals surface area contributed by atoms with Crippen molar-refractivity contribution >= 4 is 39.5 Å². The Kier molecular flexibility index (Phi) is 64.7. The van der Waals surface area contributed by atoms with Crippen LogP contribution in [0.25, 0.3) is 0 Å². The van der Waals surface area contributed by atoms with Gasteiger partial charge in [-0.05, 0) is 63.2 Å². The van der Waals surface area contributed by atoms with Gasteiger partial charge < -0.3 is 33.8 Å². The highest BCUT2D eigenvalue weighted by molar-refractivity contribution is 7.47. The summed E-state index contributed by atoms with van der Waals surface area (Å²) in [4.78, 5) is 72.7. The summed E-state index contributed by atoms with van der Waals surface area (Å²) < 4.78 is 68.4. The molecule has 17 nitrogen and oxygen atoms in total. The SMILES string of the molecule is CCCCCC/C=C\C=C/CCCCCCCC(=O)OC[C@H](COP(=O)(O)OC[C@@H](O)COP(=O)(O)OC[C@@H](COC(=O)CCCCCCCCC(C)CC)OC(=O)CCCCCCCCC(C)CC)OC(=O)CCCCCCCCCCCCCCCCCCCCC. The number of rotatable bonds is 72. The zero-order valence-corrected chi connectivity index (χ0v) is 62.5. The summed E-state index contributed by atoms with van der Waals surface area (Å²) in [6.07, 6.45) is 56.5. The molecule has 0 aromatic heterocycles. The molecule has 0 aliphatic heterocycles. The minimum atomic E-state index is -4.96. The van der Waals surface area contributed by atoms with Crippen molar-refractivity contribution in [2.75, 3.05) is 39.6 Å². The van der Waals surface area contributed by atoms with Crippen LogP contribution in [0.15, 0.2) is 24.3 Å². The van der Waals surface area contributed by atoms with Crippen LogP contribution in [0.5, 0.6) is 0 Å². The predicted molar refractivity (Wildman–Crippen MR) is 381 cm³/mol. The van der Waals surface area contributed by atoms with Crippen molar-refractivity contribution in [3.05, 3.63) is 24.3 Å². The minimum Gasteiger partial charge on any atom is -0.462 e. The molecule has 94 heavy (non-hydrogen) atoms. The van der Waals surface area contributed by atoms with Crippen LogP contribution in [-0.4, -0.2) is 96.7 Å². The van der Waals surface area contributed by atoms with Gasteiger partial charge >= 0.3 is 39.5 Å². The van der Waals surface area contributed by atoms with Gasteiger partial charge in [0.05, 0.1) is 26.4 Å². The van der Waals surface area contributed by atoms with Gasteiger partial charge in [0.1, 0.15) is 19.3 Å². The Labute approximate surface area is 573 Å². The van der Waals surface area contributed by atoms with Crippen molar-refractivity contribution in [2.24, 2.45) is 11.8 Å². The van der Waals surface area contributed by atoms with E-state index in [-0.39, 0.29) is 25.7 Å². The van der Waals surface area contributed by atoms with Crippen LogP contribution in [0.1, 0.15) is 363 Å². The average Bonchev–Trinajstić information content (AvgIpc) is 2.02. The van der Waals surface area contributed by atoms with Crippen LogP contribution in [0, 0.1) is 11.8 Å². The van der Waals surface area contributed by atoms with E-state index < -0.39 is 97.5 Å². The molecule has 0 radical (unpaired) electrons. The molecule has 554 valence electrons. The molecule has 0 fully saturated rings. The van der Waals surface area contributed by atoms with E-state index in [1.54, 1.807) is 0 Å². The molecule has 0 aromatic carbocycles. The maximum absolute atomic E-state index is 13.1. The lowest BCUT2D eigenvalue weighted by molar-refractivity contribution is -0.161. The monoisotopic (exact) mass is 1380 g/mol. The number of phosphoric ester groups is 2. The molecule has 4 unspecified atom stereocenters. The third-order valence-corrected chi connectivity index (χ3v) is 19.5. The molecule has 0 saturated carbocycles. The molecule has 3 N–H and O–H groups in total. The number of phosphoric acid groups is 2. The number of aliphatic hydroxyl groups excluding tert-OH is 1. The normalized spacial score (nSPS) is 14.8. The lowest BCUT2D eigenvalue weighted by atomic mass is 10.00. The quantitative estimate of drug-likeness (QED) is 0.0169. The summed E-state index contributed by atoms with van der Waals surface area (Å²) in [5, 5.41) is 10.6. The van der Waals surface area contributed by atoms with Crippen LogP contribution in [0.2, 0.25) is 0 Å². The average molecular weight is 1380 g/mol. The number of unbranched alkanes of at least 4 members (excludes halogenated alkanes) is 37. The van der Waals surface area contributed by atoms with Gasteiger partial charge in [0.25, 0.3) is 0 Å². The highest BCUT2D eigenvalue weighted by Gasteiger charge is 2.30. The van der Waals surface area contributed by atoms with Gasteiger partial charge in [-0.2, -0.15) is 0 Å².